The molecule has 0 atom stereocenters. The first kappa shape index (κ1) is 15.6. The monoisotopic (exact) mass is 330 g/mol. The van der Waals surface area contributed by atoms with Gasteiger partial charge in [0.1, 0.15) is 0 Å². The van der Waals surface area contributed by atoms with Gasteiger partial charge in [-0.05, 0) is 18.9 Å². The molecule has 130 valence electrons. The summed E-state index contributed by atoms with van der Waals surface area (Å²) in [7, 11) is 0. The van der Waals surface area contributed by atoms with Gasteiger partial charge < -0.3 is 15.1 Å². The molecule has 0 aromatic carbocycles. The van der Waals surface area contributed by atoms with Crippen molar-refractivity contribution in [1.29, 1.82) is 0 Å². The van der Waals surface area contributed by atoms with Crippen LogP contribution in [0.5, 0.6) is 0 Å². The fraction of sp³-hybridized carbons (Fsp3) is 0.706. The van der Waals surface area contributed by atoms with Crippen molar-refractivity contribution in [1.82, 2.24) is 25.1 Å². The van der Waals surface area contributed by atoms with Gasteiger partial charge >= 0.3 is 6.03 Å². The molecule has 4 rings (SSSR count). The second-order valence-corrected chi connectivity index (χ2v) is 7.06. The number of piperazine rings is 1. The summed E-state index contributed by atoms with van der Waals surface area (Å²) in [5, 5.41) is 3.18. The van der Waals surface area contributed by atoms with E-state index in [9.17, 15) is 4.79 Å². The molecular formula is C17H26N6O. The summed E-state index contributed by atoms with van der Waals surface area (Å²) in [5.41, 5.74) is 0. The van der Waals surface area contributed by atoms with Crippen molar-refractivity contribution in [3.8, 4) is 0 Å². The number of hydrogen-bond donors (Lipinski definition) is 1. The van der Waals surface area contributed by atoms with Gasteiger partial charge in [0.15, 0.2) is 0 Å². The van der Waals surface area contributed by atoms with Crippen LogP contribution >= 0.6 is 0 Å². The Kier molecular flexibility index (Phi) is 4.51. The van der Waals surface area contributed by atoms with Crippen molar-refractivity contribution in [3.05, 3.63) is 18.5 Å². The standard InChI is InChI=1S/C17H26N6O/c24-17(20-14-4-1-2-5-14)23-12-15(13-23)21-8-10-22(11-9-21)16-18-6-3-7-19-16/h3,6-7,14-15H,1-2,4-5,8-13H2,(H,20,24). The van der Waals surface area contributed by atoms with E-state index in [0.29, 0.717) is 12.1 Å². The zero-order valence-corrected chi connectivity index (χ0v) is 14.1. The van der Waals surface area contributed by atoms with Crippen LogP contribution in [0.15, 0.2) is 18.5 Å². The lowest BCUT2D eigenvalue weighted by Crippen LogP contribution is -2.66. The average Bonchev–Trinajstić information content (AvgIpc) is 3.08. The zero-order chi connectivity index (χ0) is 16.4. The van der Waals surface area contributed by atoms with Crippen LogP contribution in [-0.4, -0.2) is 77.2 Å². The smallest absolute Gasteiger partial charge is 0.317 e. The summed E-state index contributed by atoms with van der Waals surface area (Å²) in [4.78, 5) is 27.6. The normalized spacial score (nSPS) is 23.3. The molecule has 2 saturated heterocycles. The number of urea groups is 1. The van der Waals surface area contributed by atoms with Crippen molar-refractivity contribution in [2.24, 2.45) is 0 Å². The van der Waals surface area contributed by atoms with E-state index in [1.807, 2.05) is 11.0 Å². The van der Waals surface area contributed by atoms with Crippen LogP contribution in [-0.2, 0) is 0 Å². The molecule has 7 heteroatoms. The Morgan fingerprint density at radius 3 is 2.38 bits per heavy atom. The molecule has 3 aliphatic rings. The number of anilines is 1. The summed E-state index contributed by atoms with van der Waals surface area (Å²) in [5.74, 6) is 0.823. The van der Waals surface area contributed by atoms with Gasteiger partial charge in [-0.15, -0.1) is 0 Å². The largest absolute Gasteiger partial charge is 0.338 e. The predicted octanol–water partition coefficient (Wildman–Crippen LogP) is 0.935. The number of amides is 2. The molecule has 3 heterocycles. The van der Waals surface area contributed by atoms with Crippen LogP contribution in [0.1, 0.15) is 25.7 Å². The van der Waals surface area contributed by atoms with Gasteiger partial charge in [-0.25, -0.2) is 14.8 Å². The molecule has 7 nitrogen and oxygen atoms in total. The molecule has 0 unspecified atom stereocenters. The van der Waals surface area contributed by atoms with Crippen molar-refractivity contribution in [3.63, 3.8) is 0 Å². The van der Waals surface area contributed by atoms with E-state index in [-0.39, 0.29) is 6.03 Å². The molecule has 24 heavy (non-hydrogen) atoms. The highest BCUT2D eigenvalue weighted by molar-refractivity contribution is 5.75. The third-order valence-corrected chi connectivity index (χ3v) is 5.50. The van der Waals surface area contributed by atoms with Crippen LogP contribution in [0.3, 0.4) is 0 Å². The maximum atomic E-state index is 12.2. The van der Waals surface area contributed by atoms with E-state index in [1.165, 1.54) is 12.8 Å². The lowest BCUT2D eigenvalue weighted by atomic mass is 10.1. The summed E-state index contributed by atoms with van der Waals surface area (Å²) in [6, 6.07) is 2.90. The van der Waals surface area contributed by atoms with E-state index in [0.717, 1.165) is 58.1 Å². The summed E-state index contributed by atoms with van der Waals surface area (Å²) in [6.45, 7) is 5.66. The lowest BCUT2D eigenvalue weighted by Gasteiger charge is -2.48. The highest BCUT2D eigenvalue weighted by atomic mass is 16.2. The molecule has 2 amide bonds. The number of carbonyl (C=O) groups is 1. The summed E-state index contributed by atoms with van der Waals surface area (Å²) < 4.78 is 0. The third-order valence-electron chi connectivity index (χ3n) is 5.50. The molecule has 0 spiro atoms. The predicted molar refractivity (Wildman–Crippen MR) is 92.0 cm³/mol. The molecule has 1 saturated carbocycles. The Bertz CT molecular complexity index is 547. The Morgan fingerprint density at radius 1 is 1.04 bits per heavy atom. The van der Waals surface area contributed by atoms with Gasteiger partial charge in [-0.2, -0.15) is 0 Å². The maximum Gasteiger partial charge on any atom is 0.317 e. The topological polar surface area (TPSA) is 64.6 Å². The number of rotatable bonds is 3. The Morgan fingerprint density at radius 2 is 1.71 bits per heavy atom. The Balaban J connectivity index is 1.20. The fourth-order valence-electron chi connectivity index (χ4n) is 3.93. The highest BCUT2D eigenvalue weighted by Crippen LogP contribution is 2.21. The van der Waals surface area contributed by atoms with Gasteiger partial charge in [-0.1, -0.05) is 12.8 Å². The van der Waals surface area contributed by atoms with E-state index in [4.69, 9.17) is 0 Å². The fourth-order valence-corrected chi connectivity index (χ4v) is 3.93. The second-order valence-electron chi connectivity index (χ2n) is 7.06. The molecule has 0 radical (unpaired) electrons. The first-order valence-corrected chi connectivity index (χ1v) is 9.11. The molecule has 1 aromatic rings. The Hall–Kier alpha value is -1.89. The van der Waals surface area contributed by atoms with Crippen molar-refractivity contribution < 1.29 is 4.79 Å². The van der Waals surface area contributed by atoms with Crippen LogP contribution in [0.25, 0.3) is 0 Å². The lowest BCUT2D eigenvalue weighted by molar-refractivity contribution is 0.0521. The quantitative estimate of drug-likeness (QED) is 0.893. The molecule has 1 aromatic heterocycles. The van der Waals surface area contributed by atoms with E-state index >= 15 is 0 Å². The number of carbonyl (C=O) groups excluding carboxylic acids is 1. The number of likely N-dealkylation sites (tertiary alicyclic amines) is 1. The number of aromatic nitrogens is 2. The summed E-state index contributed by atoms with van der Waals surface area (Å²) in [6.07, 6.45) is 8.38. The van der Waals surface area contributed by atoms with Gasteiger partial charge in [0.25, 0.3) is 0 Å². The highest BCUT2D eigenvalue weighted by Gasteiger charge is 2.36. The van der Waals surface area contributed by atoms with Gasteiger partial charge in [0.2, 0.25) is 5.95 Å². The first-order chi connectivity index (χ1) is 11.8. The molecule has 3 fully saturated rings. The maximum absolute atomic E-state index is 12.2. The third kappa shape index (κ3) is 3.31. The van der Waals surface area contributed by atoms with Gasteiger partial charge in [-0.3, -0.25) is 4.90 Å². The Labute approximate surface area is 143 Å². The minimum atomic E-state index is 0.134. The van der Waals surface area contributed by atoms with E-state index < -0.39 is 0 Å². The van der Waals surface area contributed by atoms with Crippen LogP contribution in [0.2, 0.25) is 0 Å². The van der Waals surface area contributed by atoms with E-state index in [1.54, 1.807) is 12.4 Å². The molecular weight excluding hydrogens is 304 g/mol. The average molecular weight is 330 g/mol. The minimum absolute atomic E-state index is 0.134. The minimum Gasteiger partial charge on any atom is -0.338 e. The number of nitrogens with one attached hydrogen (secondary N) is 1. The van der Waals surface area contributed by atoms with Crippen LogP contribution in [0.4, 0.5) is 10.7 Å². The first-order valence-electron chi connectivity index (χ1n) is 9.11. The molecule has 0 bridgehead atoms. The molecule has 1 N–H and O–H groups in total. The number of hydrogen-bond acceptors (Lipinski definition) is 5. The molecule has 2 aliphatic heterocycles. The zero-order valence-electron chi connectivity index (χ0n) is 14.1. The van der Waals surface area contributed by atoms with Crippen LogP contribution in [0, 0.1) is 0 Å². The van der Waals surface area contributed by atoms with E-state index in [2.05, 4.69) is 25.1 Å². The van der Waals surface area contributed by atoms with Gasteiger partial charge in [0.05, 0.1) is 0 Å². The second kappa shape index (κ2) is 6.93. The van der Waals surface area contributed by atoms with Crippen LogP contribution < -0.4 is 10.2 Å². The van der Waals surface area contributed by atoms with Crippen molar-refractivity contribution in [2.75, 3.05) is 44.2 Å². The van der Waals surface area contributed by atoms with Crippen molar-refractivity contribution >= 4 is 12.0 Å². The van der Waals surface area contributed by atoms with Gasteiger partial charge in [0, 0.05) is 63.7 Å². The summed E-state index contributed by atoms with van der Waals surface area (Å²) >= 11 is 0. The van der Waals surface area contributed by atoms with Crippen molar-refractivity contribution in [2.45, 2.75) is 37.8 Å². The molecule has 1 aliphatic carbocycles. The number of nitrogens with zero attached hydrogens (tertiary/aromatic N) is 5. The SMILES string of the molecule is O=C(NC1CCCC1)N1CC(N2CCN(c3ncccn3)CC2)C1.